The molecule has 0 saturated heterocycles. The number of ether oxygens (including phenoxy) is 1. The molecule has 114 valence electrons. The zero-order chi connectivity index (χ0) is 15.5. The maximum Gasteiger partial charge on any atom is 0.309 e. The van der Waals surface area contributed by atoms with E-state index >= 15 is 0 Å². The van der Waals surface area contributed by atoms with Crippen LogP contribution in [0.5, 0.6) is 0 Å². The summed E-state index contributed by atoms with van der Waals surface area (Å²) in [5.41, 5.74) is 0.549. The Morgan fingerprint density at radius 2 is 2.05 bits per heavy atom. The maximum absolute atomic E-state index is 11.6. The fourth-order valence-electron chi connectivity index (χ4n) is 2.05. The number of carbonyl (C=O) groups excluding carboxylic acids is 1. The van der Waals surface area contributed by atoms with Crippen LogP contribution in [0, 0.1) is 16.0 Å². The number of hydrogen-bond acceptors (Lipinski definition) is 7. The smallest absolute Gasteiger partial charge is 0.309 e. The summed E-state index contributed by atoms with van der Waals surface area (Å²) in [7, 11) is 0. The Kier molecular flexibility index (Phi) is 3.82. The molecule has 0 amide bonds. The van der Waals surface area contributed by atoms with E-state index in [1.165, 1.54) is 24.3 Å². The van der Waals surface area contributed by atoms with Gasteiger partial charge in [-0.1, -0.05) is 6.42 Å². The fraction of sp³-hybridized carbons (Fsp3) is 0.357. The van der Waals surface area contributed by atoms with Crippen molar-refractivity contribution in [3.05, 3.63) is 40.3 Å². The van der Waals surface area contributed by atoms with Crippen LogP contribution in [-0.2, 0) is 16.1 Å². The number of non-ortho nitro benzene ring substituents is 1. The van der Waals surface area contributed by atoms with Gasteiger partial charge < -0.3 is 9.15 Å². The van der Waals surface area contributed by atoms with Gasteiger partial charge in [-0.05, 0) is 25.0 Å². The van der Waals surface area contributed by atoms with Crippen molar-refractivity contribution in [3.63, 3.8) is 0 Å². The number of rotatable bonds is 5. The molecule has 0 bridgehead atoms. The van der Waals surface area contributed by atoms with Gasteiger partial charge in [0.25, 0.3) is 11.6 Å². The summed E-state index contributed by atoms with van der Waals surface area (Å²) in [6.45, 7) is -0.0602. The summed E-state index contributed by atoms with van der Waals surface area (Å²) < 4.78 is 10.5. The first-order valence-corrected chi connectivity index (χ1v) is 6.87. The predicted octanol–water partition coefficient (Wildman–Crippen LogP) is 2.49. The van der Waals surface area contributed by atoms with Crippen molar-refractivity contribution in [2.75, 3.05) is 0 Å². The first kappa shape index (κ1) is 14.2. The summed E-state index contributed by atoms with van der Waals surface area (Å²) in [6, 6.07) is 5.76. The van der Waals surface area contributed by atoms with E-state index in [0.717, 1.165) is 19.3 Å². The molecule has 0 unspecified atom stereocenters. The Balaban J connectivity index is 1.62. The molecule has 0 radical (unpaired) electrons. The van der Waals surface area contributed by atoms with Crippen LogP contribution >= 0.6 is 0 Å². The van der Waals surface area contributed by atoms with Gasteiger partial charge in [-0.3, -0.25) is 14.9 Å². The molecule has 1 fully saturated rings. The van der Waals surface area contributed by atoms with Crippen molar-refractivity contribution in [1.82, 2.24) is 10.2 Å². The average Bonchev–Trinajstić information content (AvgIpc) is 2.92. The number of hydrogen-bond donors (Lipinski definition) is 0. The topological polar surface area (TPSA) is 108 Å². The summed E-state index contributed by atoms with van der Waals surface area (Å²) in [6.07, 6.45) is 2.80. The molecular formula is C14H13N3O5. The number of esters is 1. The Labute approximate surface area is 125 Å². The first-order chi connectivity index (χ1) is 10.6. The van der Waals surface area contributed by atoms with Crippen LogP contribution in [0.4, 0.5) is 5.69 Å². The predicted molar refractivity (Wildman–Crippen MR) is 73.5 cm³/mol. The molecule has 3 rings (SSSR count). The highest BCUT2D eigenvalue weighted by Crippen LogP contribution is 2.28. The van der Waals surface area contributed by atoms with Gasteiger partial charge in [0.2, 0.25) is 5.89 Å². The monoisotopic (exact) mass is 303 g/mol. The molecule has 1 aliphatic rings. The van der Waals surface area contributed by atoms with Crippen LogP contribution in [0.1, 0.15) is 25.2 Å². The highest BCUT2D eigenvalue weighted by Gasteiger charge is 2.27. The van der Waals surface area contributed by atoms with E-state index in [0.29, 0.717) is 5.56 Å². The highest BCUT2D eigenvalue weighted by atomic mass is 16.6. The Morgan fingerprint density at radius 1 is 1.32 bits per heavy atom. The minimum Gasteiger partial charge on any atom is -0.455 e. The second-order valence-electron chi connectivity index (χ2n) is 5.04. The SMILES string of the molecule is O=C(OCc1nnc(-c2ccc([N+](=O)[O-])cc2)o1)C1CCC1. The lowest BCUT2D eigenvalue weighted by atomic mass is 9.86. The Morgan fingerprint density at radius 3 is 2.64 bits per heavy atom. The van der Waals surface area contributed by atoms with Gasteiger partial charge in [0.1, 0.15) is 0 Å². The number of carbonyl (C=O) groups is 1. The van der Waals surface area contributed by atoms with E-state index in [1.807, 2.05) is 0 Å². The third kappa shape index (κ3) is 2.95. The summed E-state index contributed by atoms with van der Waals surface area (Å²) in [5, 5.41) is 18.2. The van der Waals surface area contributed by atoms with E-state index in [-0.39, 0.29) is 36.0 Å². The highest BCUT2D eigenvalue weighted by molar-refractivity contribution is 5.73. The minimum atomic E-state index is -0.483. The lowest BCUT2D eigenvalue weighted by molar-refractivity contribution is -0.384. The average molecular weight is 303 g/mol. The fourth-order valence-corrected chi connectivity index (χ4v) is 2.05. The quantitative estimate of drug-likeness (QED) is 0.474. The van der Waals surface area contributed by atoms with Crippen LogP contribution in [0.15, 0.2) is 28.7 Å². The second kappa shape index (κ2) is 5.92. The molecule has 1 aromatic heterocycles. The maximum atomic E-state index is 11.6. The van der Waals surface area contributed by atoms with Crippen LogP contribution in [0.25, 0.3) is 11.5 Å². The van der Waals surface area contributed by atoms with Crippen molar-refractivity contribution >= 4 is 11.7 Å². The number of aromatic nitrogens is 2. The molecule has 0 N–H and O–H groups in total. The summed E-state index contributed by atoms with van der Waals surface area (Å²) >= 11 is 0. The third-order valence-electron chi connectivity index (χ3n) is 3.57. The Bertz CT molecular complexity index is 691. The largest absolute Gasteiger partial charge is 0.455 e. The van der Waals surface area contributed by atoms with E-state index in [1.54, 1.807) is 0 Å². The normalized spacial score (nSPS) is 14.4. The molecule has 1 saturated carbocycles. The van der Waals surface area contributed by atoms with Gasteiger partial charge in [0.15, 0.2) is 6.61 Å². The van der Waals surface area contributed by atoms with Gasteiger partial charge in [-0.25, -0.2) is 0 Å². The van der Waals surface area contributed by atoms with Gasteiger partial charge >= 0.3 is 5.97 Å². The van der Waals surface area contributed by atoms with Crippen LogP contribution in [-0.4, -0.2) is 21.1 Å². The van der Waals surface area contributed by atoms with Crippen molar-refractivity contribution in [2.24, 2.45) is 5.92 Å². The van der Waals surface area contributed by atoms with Gasteiger partial charge in [0.05, 0.1) is 10.8 Å². The molecule has 8 nitrogen and oxygen atoms in total. The van der Waals surface area contributed by atoms with E-state index in [4.69, 9.17) is 9.15 Å². The lowest BCUT2D eigenvalue weighted by Gasteiger charge is -2.22. The van der Waals surface area contributed by atoms with Crippen LogP contribution < -0.4 is 0 Å². The van der Waals surface area contributed by atoms with E-state index < -0.39 is 4.92 Å². The van der Waals surface area contributed by atoms with Crippen molar-refractivity contribution in [3.8, 4) is 11.5 Å². The zero-order valence-corrected chi connectivity index (χ0v) is 11.6. The first-order valence-electron chi connectivity index (χ1n) is 6.87. The standard InChI is InChI=1S/C14H13N3O5/c18-14(10-2-1-3-10)21-8-12-15-16-13(22-12)9-4-6-11(7-5-9)17(19)20/h4-7,10H,1-3,8H2. The van der Waals surface area contributed by atoms with Crippen molar-refractivity contribution in [2.45, 2.75) is 25.9 Å². The molecule has 1 aliphatic carbocycles. The van der Waals surface area contributed by atoms with Crippen molar-refractivity contribution < 1.29 is 18.9 Å². The van der Waals surface area contributed by atoms with Gasteiger partial charge in [0, 0.05) is 17.7 Å². The van der Waals surface area contributed by atoms with Crippen LogP contribution in [0.2, 0.25) is 0 Å². The number of nitro benzene ring substituents is 1. The minimum absolute atomic E-state index is 0.00272. The second-order valence-corrected chi connectivity index (χ2v) is 5.04. The molecule has 8 heteroatoms. The molecular weight excluding hydrogens is 290 g/mol. The van der Waals surface area contributed by atoms with Crippen LogP contribution in [0.3, 0.4) is 0 Å². The molecule has 2 aromatic rings. The molecule has 0 aliphatic heterocycles. The summed E-state index contributed by atoms with van der Waals surface area (Å²) in [5.74, 6) is 0.184. The number of nitrogens with zero attached hydrogens (tertiary/aromatic N) is 3. The van der Waals surface area contributed by atoms with Gasteiger partial charge in [-0.15, -0.1) is 10.2 Å². The molecule has 1 heterocycles. The van der Waals surface area contributed by atoms with Gasteiger partial charge in [-0.2, -0.15) is 0 Å². The molecule has 1 aromatic carbocycles. The summed E-state index contributed by atoms with van der Waals surface area (Å²) in [4.78, 5) is 21.7. The molecule has 0 atom stereocenters. The number of benzene rings is 1. The molecule has 0 spiro atoms. The lowest BCUT2D eigenvalue weighted by Crippen LogP contribution is -2.23. The number of nitro groups is 1. The van der Waals surface area contributed by atoms with E-state index in [2.05, 4.69) is 10.2 Å². The molecule has 22 heavy (non-hydrogen) atoms. The van der Waals surface area contributed by atoms with E-state index in [9.17, 15) is 14.9 Å². The van der Waals surface area contributed by atoms with Crippen molar-refractivity contribution in [1.29, 1.82) is 0 Å². The Hall–Kier alpha value is -2.77. The zero-order valence-electron chi connectivity index (χ0n) is 11.6. The third-order valence-corrected chi connectivity index (χ3v) is 3.57.